The minimum absolute atomic E-state index is 0.142. The Bertz CT molecular complexity index is 428. The Morgan fingerprint density at radius 3 is 2.67 bits per heavy atom. The van der Waals surface area contributed by atoms with E-state index in [1.54, 1.807) is 14.2 Å². The predicted molar refractivity (Wildman–Crippen MR) is 73.9 cm³/mol. The van der Waals surface area contributed by atoms with Crippen molar-refractivity contribution in [2.24, 2.45) is 0 Å². The van der Waals surface area contributed by atoms with Crippen molar-refractivity contribution < 1.29 is 9.47 Å². The predicted octanol–water partition coefficient (Wildman–Crippen LogP) is 3.04. The van der Waals surface area contributed by atoms with Crippen molar-refractivity contribution in [2.75, 3.05) is 20.8 Å². The molecule has 0 saturated carbocycles. The molecule has 0 bridgehead atoms. The van der Waals surface area contributed by atoms with Gasteiger partial charge in [0.05, 0.1) is 19.2 Å². The Morgan fingerprint density at radius 2 is 2.11 bits per heavy atom. The van der Waals surface area contributed by atoms with Crippen molar-refractivity contribution >= 4 is 11.6 Å². The van der Waals surface area contributed by atoms with Crippen molar-refractivity contribution in [2.45, 2.75) is 31.7 Å². The van der Waals surface area contributed by atoms with Crippen LogP contribution in [0.5, 0.6) is 11.5 Å². The van der Waals surface area contributed by atoms with E-state index in [-0.39, 0.29) is 5.54 Å². The van der Waals surface area contributed by atoms with Gasteiger partial charge in [-0.1, -0.05) is 17.7 Å². The Kier molecular flexibility index (Phi) is 4.03. The number of benzene rings is 1. The highest BCUT2D eigenvalue weighted by molar-refractivity contribution is 6.33. The highest BCUT2D eigenvalue weighted by Crippen LogP contribution is 2.39. The van der Waals surface area contributed by atoms with Gasteiger partial charge in [-0.15, -0.1) is 0 Å². The van der Waals surface area contributed by atoms with Crippen LogP contribution >= 0.6 is 11.6 Å². The monoisotopic (exact) mass is 269 g/mol. The summed E-state index contributed by atoms with van der Waals surface area (Å²) < 4.78 is 10.6. The van der Waals surface area contributed by atoms with Crippen LogP contribution in [0.25, 0.3) is 0 Å². The smallest absolute Gasteiger partial charge is 0.179 e. The first-order chi connectivity index (χ1) is 8.59. The lowest BCUT2D eigenvalue weighted by atomic mass is 9.91. The molecule has 1 aromatic carbocycles. The number of rotatable bonds is 4. The number of methoxy groups -OCH3 is 2. The minimum Gasteiger partial charge on any atom is -0.493 e. The van der Waals surface area contributed by atoms with Gasteiger partial charge in [-0.05, 0) is 44.4 Å². The fourth-order valence-corrected chi connectivity index (χ4v) is 2.90. The van der Waals surface area contributed by atoms with Crippen molar-refractivity contribution in [1.29, 1.82) is 0 Å². The summed E-state index contributed by atoms with van der Waals surface area (Å²) in [6.07, 6.45) is 3.31. The summed E-state index contributed by atoms with van der Waals surface area (Å²) in [7, 11) is 3.23. The van der Waals surface area contributed by atoms with E-state index < -0.39 is 0 Å². The third-order valence-corrected chi connectivity index (χ3v) is 4.02. The second-order valence-corrected chi connectivity index (χ2v) is 5.42. The molecule has 1 fully saturated rings. The molecule has 1 aliphatic heterocycles. The van der Waals surface area contributed by atoms with Crippen LogP contribution in [-0.2, 0) is 6.42 Å². The molecule has 0 radical (unpaired) electrons. The minimum atomic E-state index is 0.142. The van der Waals surface area contributed by atoms with E-state index >= 15 is 0 Å². The summed E-state index contributed by atoms with van der Waals surface area (Å²) in [5.41, 5.74) is 1.25. The molecule has 3 nitrogen and oxygen atoms in total. The fourth-order valence-electron chi connectivity index (χ4n) is 2.59. The van der Waals surface area contributed by atoms with Gasteiger partial charge in [0, 0.05) is 5.54 Å². The molecule has 1 aromatic rings. The number of halogens is 1. The maximum absolute atomic E-state index is 6.40. The molecular formula is C14H20ClNO2. The second kappa shape index (κ2) is 5.37. The summed E-state index contributed by atoms with van der Waals surface area (Å²) in [6, 6.07) is 3.94. The van der Waals surface area contributed by atoms with E-state index in [0.29, 0.717) is 16.5 Å². The van der Waals surface area contributed by atoms with Crippen molar-refractivity contribution in [1.82, 2.24) is 5.32 Å². The zero-order chi connectivity index (χ0) is 13.2. The third-order valence-electron chi connectivity index (χ3n) is 3.60. The largest absolute Gasteiger partial charge is 0.493 e. The van der Waals surface area contributed by atoms with Crippen LogP contribution in [0.2, 0.25) is 5.02 Å². The van der Waals surface area contributed by atoms with Gasteiger partial charge in [-0.2, -0.15) is 0 Å². The summed E-state index contributed by atoms with van der Waals surface area (Å²) in [4.78, 5) is 0. The molecule has 1 N–H and O–H groups in total. The molecule has 18 heavy (non-hydrogen) atoms. The Morgan fingerprint density at radius 1 is 1.33 bits per heavy atom. The van der Waals surface area contributed by atoms with E-state index in [1.165, 1.54) is 12.8 Å². The lowest BCUT2D eigenvalue weighted by Crippen LogP contribution is -2.38. The van der Waals surface area contributed by atoms with Crippen LogP contribution in [0.15, 0.2) is 12.1 Å². The summed E-state index contributed by atoms with van der Waals surface area (Å²) in [5.74, 6) is 1.30. The number of ether oxygens (including phenoxy) is 2. The quantitative estimate of drug-likeness (QED) is 0.911. The van der Waals surface area contributed by atoms with Gasteiger partial charge < -0.3 is 14.8 Å². The molecule has 0 spiro atoms. The van der Waals surface area contributed by atoms with E-state index in [2.05, 4.69) is 12.2 Å². The molecule has 0 aliphatic carbocycles. The second-order valence-electron chi connectivity index (χ2n) is 5.04. The molecule has 4 heteroatoms. The Hall–Kier alpha value is -0.930. The summed E-state index contributed by atoms with van der Waals surface area (Å²) in [6.45, 7) is 3.33. The lowest BCUT2D eigenvalue weighted by molar-refractivity contribution is 0.353. The van der Waals surface area contributed by atoms with Crippen LogP contribution in [0.4, 0.5) is 0 Å². The molecular weight excluding hydrogens is 250 g/mol. The van der Waals surface area contributed by atoms with E-state index in [1.807, 2.05) is 12.1 Å². The molecule has 1 aliphatic rings. The molecule has 100 valence electrons. The first-order valence-electron chi connectivity index (χ1n) is 6.24. The zero-order valence-corrected chi connectivity index (χ0v) is 11.9. The number of hydrogen-bond acceptors (Lipinski definition) is 3. The van der Waals surface area contributed by atoms with E-state index in [0.717, 1.165) is 18.5 Å². The van der Waals surface area contributed by atoms with Crippen LogP contribution in [0.3, 0.4) is 0 Å². The normalized spacial score (nSPS) is 23.1. The van der Waals surface area contributed by atoms with Crippen LogP contribution in [-0.4, -0.2) is 26.3 Å². The van der Waals surface area contributed by atoms with Crippen LogP contribution < -0.4 is 14.8 Å². The molecule has 1 heterocycles. The standard InChI is InChI=1S/C14H20ClNO2/c1-14(7-4-8-16-14)9-10-5-6-11(17-2)13(18-3)12(10)15/h5-6,16H,4,7-9H2,1-3H3. The SMILES string of the molecule is COc1ccc(CC2(C)CCCN2)c(Cl)c1OC. The Labute approximate surface area is 113 Å². The molecule has 2 rings (SSSR count). The van der Waals surface area contributed by atoms with Gasteiger partial charge in [0.25, 0.3) is 0 Å². The average molecular weight is 270 g/mol. The number of nitrogens with one attached hydrogen (secondary N) is 1. The first kappa shape index (κ1) is 13.5. The number of hydrogen-bond donors (Lipinski definition) is 1. The van der Waals surface area contributed by atoms with Crippen molar-refractivity contribution in [3.8, 4) is 11.5 Å². The van der Waals surface area contributed by atoms with Gasteiger partial charge in [0.15, 0.2) is 11.5 Å². The molecule has 0 amide bonds. The van der Waals surface area contributed by atoms with E-state index in [4.69, 9.17) is 21.1 Å². The van der Waals surface area contributed by atoms with E-state index in [9.17, 15) is 0 Å². The highest BCUT2D eigenvalue weighted by Gasteiger charge is 2.29. The van der Waals surface area contributed by atoms with Gasteiger partial charge in [-0.25, -0.2) is 0 Å². The zero-order valence-electron chi connectivity index (χ0n) is 11.2. The molecule has 1 atom stereocenters. The van der Waals surface area contributed by atoms with Crippen LogP contribution in [0, 0.1) is 0 Å². The van der Waals surface area contributed by atoms with Gasteiger partial charge >= 0.3 is 0 Å². The summed E-state index contributed by atoms with van der Waals surface area (Å²) >= 11 is 6.40. The molecule has 1 saturated heterocycles. The molecule has 1 unspecified atom stereocenters. The lowest BCUT2D eigenvalue weighted by Gasteiger charge is -2.25. The van der Waals surface area contributed by atoms with Crippen LogP contribution in [0.1, 0.15) is 25.3 Å². The Balaban J connectivity index is 2.28. The first-order valence-corrected chi connectivity index (χ1v) is 6.62. The topological polar surface area (TPSA) is 30.5 Å². The average Bonchev–Trinajstić information content (AvgIpc) is 2.78. The maximum atomic E-state index is 6.40. The highest BCUT2D eigenvalue weighted by atomic mass is 35.5. The van der Waals surface area contributed by atoms with Gasteiger partial charge in [0.1, 0.15) is 0 Å². The van der Waals surface area contributed by atoms with Gasteiger partial charge in [0.2, 0.25) is 0 Å². The summed E-state index contributed by atoms with van der Waals surface area (Å²) in [5, 5.41) is 4.20. The molecule has 0 aromatic heterocycles. The third kappa shape index (κ3) is 2.57. The van der Waals surface area contributed by atoms with Crippen molar-refractivity contribution in [3.63, 3.8) is 0 Å². The van der Waals surface area contributed by atoms with Gasteiger partial charge in [-0.3, -0.25) is 0 Å². The van der Waals surface area contributed by atoms with Crippen molar-refractivity contribution in [3.05, 3.63) is 22.7 Å². The fraction of sp³-hybridized carbons (Fsp3) is 0.571. The maximum Gasteiger partial charge on any atom is 0.179 e.